The summed E-state index contributed by atoms with van der Waals surface area (Å²) >= 11 is 0. The molecule has 1 saturated heterocycles. The minimum absolute atomic E-state index is 0.0931. The summed E-state index contributed by atoms with van der Waals surface area (Å²) in [4.78, 5) is 27.8. The second-order valence-electron chi connectivity index (χ2n) is 8.19. The molecule has 6 nitrogen and oxygen atoms in total. The minimum Gasteiger partial charge on any atom is -0.507 e. The number of methoxy groups -OCH3 is 2. The average Bonchev–Trinajstić information content (AvgIpc) is 3.12. The Labute approximate surface area is 199 Å². The fourth-order valence-corrected chi connectivity index (χ4v) is 4.32. The first-order valence-corrected chi connectivity index (χ1v) is 11.1. The van der Waals surface area contributed by atoms with Crippen molar-refractivity contribution in [3.63, 3.8) is 0 Å². The Morgan fingerprint density at radius 3 is 2.26 bits per heavy atom. The van der Waals surface area contributed by atoms with Gasteiger partial charge in [0.1, 0.15) is 17.3 Å². The number of Topliss-reactive ketones (excluding diaryl/α,β-unsaturated/α-hetero) is 1. The molecule has 0 bridgehead atoms. The minimum atomic E-state index is -0.686. The van der Waals surface area contributed by atoms with Gasteiger partial charge in [-0.25, -0.2) is 0 Å². The number of carbonyl (C=O) groups excluding carboxylic acids is 2. The van der Waals surface area contributed by atoms with Gasteiger partial charge in [0.15, 0.2) is 0 Å². The number of ether oxygens (including phenoxy) is 2. The van der Waals surface area contributed by atoms with Crippen LogP contribution in [0.15, 0.2) is 78.4 Å². The lowest BCUT2D eigenvalue weighted by atomic mass is 9.94. The average molecular weight is 458 g/mol. The van der Waals surface area contributed by atoms with Crippen LogP contribution in [0.5, 0.6) is 11.5 Å². The first-order valence-electron chi connectivity index (χ1n) is 11.1. The summed E-state index contributed by atoms with van der Waals surface area (Å²) < 4.78 is 10.5. The number of hydrogen-bond acceptors (Lipinski definition) is 5. The molecular weight excluding hydrogens is 430 g/mol. The lowest BCUT2D eigenvalue weighted by molar-refractivity contribution is -0.139. The Morgan fingerprint density at radius 1 is 0.941 bits per heavy atom. The Balaban J connectivity index is 1.73. The quantitative estimate of drug-likeness (QED) is 0.317. The van der Waals surface area contributed by atoms with Crippen LogP contribution in [0.3, 0.4) is 0 Å². The monoisotopic (exact) mass is 457 g/mol. The van der Waals surface area contributed by atoms with Gasteiger partial charge in [-0.05, 0) is 60.4 Å². The zero-order valence-electron chi connectivity index (χ0n) is 19.4. The van der Waals surface area contributed by atoms with Crippen LogP contribution in [0.2, 0.25) is 0 Å². The van der Waals surface area contributed by atoms with E-state index in [1.165, 1.54) is 0 Å². The molecule has 174 valence electrons. The van der Waals surface area contributed by atoms with Gasteiger partial charge in [-0.1, -0.05) is 42.5 Å². The summed E-state index contributed by atoms with van der Waals surface area (Å²) in [6.07, 6.45) is 0.558. The van der Waals surface area contributed by atoms with Crippen molar-refractivity contribution in [2.45, 2.75) is 19.4 Å². The predicted molar refractivity (Wildman–Crippen MR) is 130 cm³/mol. The largest absolute Gasteiger partial charge is 0.507 e. The molecule has 1 fully saturated rings. The molecule has 1 aliphatic rings. The third kappa shape index (κ3) is 4.39. The Bertz CT molecular complexity index is 1230. The van der Waals surface area contributed by atoms with E-state index in [-0.39, 0.29) is 11.3 Å². The van der Waals surface area contributed by atoms with Gasteiger partial charge in [0.2, 0.25) is 0 Å². The fraction of sp³-hybridized carbons (Fsp3) is 0.214. The van der Waals surface area contributed by atoms with Crippen molar-refractivity contribution in [3.05, 3.63) is 101 Å². The standard InChI is InChI=1S/C28H27NO5/c1-18-17-21(11-14-23(18)34-3)26(30)24-25(20-7-5-4-6-8-20)29(28(32)27(24)31)16-15-19-9-12-22(33-2)13-10-19/h4-14,17,25,30H,15-16H2,1-3H3/b26-24-. The van der Waals surface area contributed by atoms with Crippen LogP contribution in [0, 0.1) is 6.92 Å². The van der Waals surface area contributed by atoms with E-state index in [2.05, 4.69) is 0 Å². The van der Waals surface area contributed by atoms with Crippen LogP contribution >= 0.6 is 0 Å². The summed E-state index contributed by atoms with van der Waals surface area (Å²) in [6, 6.07) is 21.4. The predicted octanol–water partition coefficient (Wildman–Crippen LogP) is 4.68. The first-order chi connectivity index (χ1) is 16.4. The highest BCUT2D eigenvalue weighted by molar-refractivity contribution is 6.46. The zero-order valence-corrected chi connectivity index (χ0v) is 19.4. The van der Waals surface area contributed by atoms with Crippen LogP contribution in [0.4, 0.5) is 0 Å². The highest BCUT2D eigenvalue weighted by Crippen LogP contribution is 2.39. The van der Waals surface area contributed by atoms with Crippen molar-refractivity contribution in [2.75, 3.05) is 20.8 Å². The van der Waals surface area contributed by atoms with Gasteiger partial charge in [0.25, 0.3) is 11.7 Å². The molecule has 6 heteroatoms. The van der Waals surface area contributed by atoms with Crippen molar-refractivity contribution in [3.8, 4) is 11.5 Å². The third-order valence-corrected chi connectivity index (χ3v) is 6.12. The molecule has 1 amide bonds. The number of benzene rings is 3. The smallest absolute Gasteiger partial charge is 0.295 e. The topological polar surface area (TPSA) is 76.1 Å². The molecule has 1 heterocycles. The van der Waals surface area contributed by atoms with E-state index in [0.717, 1.165) is 22.4 Å². The maximum absolute atomic E-state index is 13.2. The van der Waals surface area contributed by atoms with Gasteiger partial charge < -0.3 is 19.5 Å². The molecule has 3 aromatic rings. The van der Waals surface area contributed by atoms with Gasteiger partial charge in [0.05, 0.1) is 25.8 Å². The molecule has 1 aliphatic heterocycles. The molecule has 1 atom stereocenters. The highest BCUT2D eigenvalue weighted by atomic mass is 16.5. The number of nitrogens with zero attached hydrogens (tertiary/aromatic N) is 1. The second kappa shape index (κ2) is 9.83. The van der Waals surface area contributed by atoms with E-state index in [0.29, 0.717) is 24.3 Å². The van der Waals surface area contributed by atoms with E-state index < -0.39 is 17.7 Å². The number of rotatable bonds is 7. The van der Waals surface area contributed by atoms with Gasteiger partial charge in [0, 0.05) is 12.1 Å². The van der Waals surface area contributed by atoms with Gasteiger partial charge in [-0.3, -0.25) is 9.59 Å². The van der Waals surface area contributed by atoms with Gasteiger partial charge in [-0.15, -0.1) is 0 Å². The zero-order chi connectivity index (χ0) is 24.2. The number of aliphatic hydroxyl groups excluding tert-OH is 1. The number of hydrogen-bond donors (Lipinski definition) is 1. The molecular formula is C28H27NO5. The second-order valence-corrected chi connectivity index (χ2v) is 8.19. The Hall–Kier alpha value is -4.06. The van der Waals surface area contributed by atoms with Gasteiger partial charge >= 0.3 is 0 Å². The number of carbonyl (C=O) groups is 2. The molecule has 0 radical (unpaired) electrons. The normalized spacial score (nSPS) is 17.1. The van der Waals surface area contributed by atoms with Crippen LogP contribution < -0.4 is 9.47 Å². The van der Waals surface area contributed by atoms with Crippen LogP contribution in [0.1, 0.15) is 28.3 Å². The van der Waals surface area contributed by atoms with Crippen LogP contribution in [0.25, 0.3) is 5.76 Å². The molecule has 0 spiro atoms. The van der Waals surface area contributed by atoms with Crippen molar-refractivity contribution in [1.29, 1.82) is 0 Å². The molecule has 34 heavy (non-hydrogen) atoms. The summed E-state index contributed by atoms with van der Waals surface area (Å²) in [6.45, 7) is 2.19. The summed E-state index contributed by atoms with van der Waals surface area (Å²) in [5.74, 6) is -0.0621. The van der Waals surface area contributed by atoms with E-state index in [9.17, 15) is 14.7 Å². The van der Waals surface area contributed by atoms with Crippen molar-refractivity contribution >= 4 is 17.4 Å². The van der Waals surface area contributed by atoms with E-state index in [4.69, 9.17) is 9.47 Å². The number of aliphatic hydroxyl groups is 1. The maximum Gasteiger partial charge on any atom is 0.295 e. The Morgan fingerprint density at radius 2 is 1.65 bits per heavy atom. The SMILES string of the molecule is COc1ccc(CCN2C(=O)C(=O)/C(=C(\O)c3ccc(OC)c(C)c3)C2c2ccccc2)cc1. The lowest BCUT2D eigenvalue weighted by Gasteiger charge is -2.25. The molecule has 4 rings (SSSR count). The number of likely N-dealkylation sites (tertiary alicyclic amines) is 1. The molecule has 1 N–H and O–H groups in total. The summed E-state index contributed by atoms with van der Waals surface area (Å²) in [5.41, 5.74) is 3.16. The number of amides is 1. The van der Waals surface area contributed by atoms with E-state index in [1.807, 2.05) is 61.5 Å². The fourth-order valence-electron chi connectivity index (χ4n) is 4.32. The lowest BCUT2D eigenvalue weighted by Crippen LogP contribution is -2.31. The molecule has 0 saturated carbocycles. The summed E-state index contributed by atoms with van der Waals surface area (Å²) in [5, 5.41) is 11.2. The highest BCUT2D eigenvalue weighted by Gasteiger charge is 2.45. The molecule has 3 aromatic carbocycles. The number of ketones is 1. The molecule has 1 unspecified atom stereocenters. The van der Waals surface area contributed by atoms with Crippen LogP contribution in [-0.2, 0) is 16.0 Å². The van der Waals surface area contributed by atoms with E-state index in [1.54, 1.807) is 37.3 Å². The van der Waals surface area contributed by atoms with Gasteiger partial charge in [-0.2, -0.15) is 0 Å². The van der Waals surface area contributed by atoms with Crippen molar-refractivity contribution in [2.24, 2.45) is 0 Å². The third-order valence-electron chi connectivity index (χ3n) is 6.12. The Kier molecular flexibility index (Phi) is 6.68. The van der Waals surface area contributed by atoms with Crippen LogP contribution in [-0.4, -0.2) is 42.5 Å². The molecule has 0 aliphatic carbocycles. The van der Waals surface area contributed by atoms with Crippen molar-refractivity contribution in [1.82, 2.24) is 4.90 Å². The van der Waals surface area contributed by atoms with E-state index >= 15 is 0 Å². The first kappa shape index (κ1) is 23.1. The summed E-state index contributed by atoms with van der Waals surface area (Å²) in [7, 11) is 3.18. The maximum atomic E-state index is 13.2. The van der Waals surface area contributed by atoms with Crippen molar-refractivity contribution < 1.29 is 24.2 Å². The molecule has 0 aromatic heterocycles. The number of aryl methyl sites for hydroxylation is 1.